The number of thioether (sulfide) groups is 1. The second-order valence-electron chi connectivity index (χ2n) is 6.03. The van der Waals surface area contributed by atoms with Crippen LogP contribution in [0.5, 0.6) is 5.75 Å². The van der Waals surface area contributed by atoms with Gasteiger partial charge in [0.05, 0.1) is 18.4 Å². The quantitative estimate of drug-likeness (QED) is 0.581. The van der Waals surface area contributed by atoms with E-state index in [1.165, 1.54) is 11.8 Å². The number of para-hydroxylation sites is 1. The molecule has 27 heavy (non-hydrogen) atoms. The molecule has 6 nitrogen and oxygen atoms in total. The van der Waals surface area contributed by atoms with Crippen LogP contribution in [0, 0.1) is 0 Å². The van der Waals surface area contributed by atoms with E-state index in [2.05, 4.69) is 36.4 Å². The lowest BCUT2D eigenvalue weighted by Gasteiger charge is -2.26. The number of aromatic nitrogens is 3. The van der Waals surface area contributed by atoms with Crippen molar-refractivity contribution in [3.8, 4) is 17.1 Å². The average Bonchev–Trinajstić information content (AvgIpc) is 3.16. The van der Waals surface area contributed by atoms with Crippen molar-refractivity contribution in [3.63, 3.8) is 0 Å². The van der Waals surface area contributed by atoms with Crippen molar-refractivity contribution in [3.05, 3.63) is 58.6 Å². The van der Waals surface area contributed by atoms with E-state index in [4.69, 9.17) is 4.74 Å². The van der Waals surface area contributed by atoms with E-state index in [0.717, 1.165) is 27.8 Å². The summed E-state index contributed by atoms with van der Waals surface area (Å²) in [5.41, 5.74) is 1.95. The normalized spacial score (nSPS) is 15.7. The largest absolute Gasteiger partial charge is 0.493 e. The average molecular weight is 445 g/mol. The van der Waals surface area contributed by atoms with E-state index in [0.29, 0.717) is 17.6 Å². The van der Waals surface area contributed by atoms with Crippen LogP contribution in [0.4, 0.5) is 0 Å². The van der Waals surface area contributed by atoms with Crippen molar-refractivity contribution in [2.75, 3.05) is 12.4 Å². The van der Waals surface area contributed by atoms with E-state index in [-0.39, 0.29) is 17.7 Å². The molecule has 1 aromatic heterocycles. The van der Waals surface area contributed by atoms with Gasteiger partial charge in [-0.2, -0.15) is 0 Å². The molecular weight excluding hydrogens is 428 g/mol. The lowest BCUT2D eigenvalue weighted by Crippen LogP contribution is -2.33. The van der Waals surface area contributed by atoms with Crippen LogP contribution in [0.3, 0.4) is 0 Å². The first kappa shape index (κ1) is 18.1. The van der Waals surface area contributed by atoms with E-state index < -0.39 is 0 Å². The predicted octanol–water partition coefficient (Wildman–Crippen LogP) is 3.97. The summed E-state index contributed by atoms with van der Waals surface area (Å²) >= 11 is 4.81. The molecule has 0 aliphatic carbocycles. The molecule has 2 heterocycles. The Bertz CT molecular complexity index is 962. The Labute approximate surface area is 169 Å². The number of ether oxygens (including phenoxy) is 1. The molecular formula is C19H17BrN4O2S. The van der Waals surface area contributed by atoms with Crippen LogP contribution in [0.2, 0.25) is 0 Å². The van der Waals surface area contributed by atoms with Gasteiger partial charge < -0.3 is 10.1 Å². The molecule has 3 aromatic rings. The highest BCUT2D eigenvalue weighted by atomic mass is 79.9. The lowest BCUT2D eigenvalue weighted by molar-refractivity contribution is -0.119. The number of nitrogens with one attached hydrogen (secondary N) is 2. The number of carbonyl (C=O) groups excluding carboxylic acids is 1. The number of carbonyl (C=O) groups is 1. The Balaban J connectivity index is 1.36. The summed E-state index contributed by atoms with van der Waals surface area (Å²) in [7, 11) is 0. The van der Waals surface area contributed by atoms with Crippen molar-refractivity contribution in [2.24, 2.45) is 0 Å². The van der Waals surface area contributed by atoms with Crippen molar-refractivity contribution in [1.82, 2.24) is 20.5 Å². The molecule has 1 aliphatic heterocycles. The van der Waals surface area contributed by atoms with Gasteiger partial charge in [0.1, 0.15) is 5.75 Å². The zero-order chi connectivity index (χ0) is 18.6. The van der Waals surface area contributed by atoms with Crippen LogP contribution in [0.1, 0.15) is 18.0 Å². The number of benzene rings is 2. The van der Waals surface area contributed by atoms with Gasteiger partial charge in [-0.25, -0.2) is 4.98 Å². The monoisotopic (exact) mass is 444 g/mol. The summed E-state index contributed by atoms with van der Waals surface area (Å²) in [5, 5.41) is 10.7. The summed E-state index contributed by atoms with van der Waals surface area (Å²) in [4.78, 5) is 16.8. The lowest BCUT2D eigenvalue weighted by atomic mass is 10.0. The number of H-pyrrole nitrogens is 1. The Morgan fingerprint density at radius 1 is 1.26 bits per heavy atom. The Morgan fingerprint density at radius 3 is 2.96 bits per heavy atom. The first-order valence-corrected chi connectivity index (χ1v) is 10.3. The minimum absolute atomic E-state index is 0.0222. The van der Waals surface area contributed by atoms with Crippen molar-refractivity contribution < 1.29 is 9.53 Å². The maximum atomic E-state index is 12.4. The fraction of sp³-hybridized carbons (Fsp3) is 0.211. The van der Waals surface area contributed by atoms with Crippen molar-refractivity contribution >= 4 is 33.6 Å². The first-order chi connectivity index (χ1) is 13.2. The van der Waals surface area contributed by atoms with Crippen LogP contribution in [0.15, 0.2) is 58.2 Å². The van der Waals surface area contributed by atoms with Crippen molar-refractivity contribution in [2.45, 2.75) is 17.6 Å². The molecule has 0 bridgehead atoms. The summed E-state index contributed by atoms with van der Waals surface area (Å²) in [6.07, 6.45) is 0.764. The molecule has 8 heteroatoms. The highest BCUT2D eigenvalue weighted by molar-refractivity contribution is 9.10. The van der Waals surface area contributed by atoms with Gasteiger partial charge in [0.2, 0.25) is 11.1 Å². The zero-order valence-corrected chi connectivity index (χ0v) is 16.7. The van der Waals surface area contributed by atoms with Crippen LogP contribution in [-0.2, 0) is 4.79 Å². The molecule has 0 saturated carbocycles. The highest BCUT2D eigenvalue weighted by Gasteiger charge is 2.22. The molecule has 0 saturated heterocycles. The van der Waals surface area contributed by atoms with Gasteiger partial charge in [-0.1, -0.05) is 64.1 Å². The second kappa shape index (κ2) is 8.14. The minimum atomic E-state index is -0.0473. The van der Waals surface area contributed by atoms with Crippen LogP contribution < -0.4 is 10.1 Å². The number of nitrogens with zero attached hydrogens (tertiary/aromatic N) is 2. The smallest absolute Gasteiger partial charge is 0.230 e. The third-order valence-electron chi connectivity index (χ3n) is 4.22. The summed E-state index contributed by atoms with van der Waals surface area (Å²) in [6.45, 7) is 0.603. The molecule has 138 valence electrons. The van der Waals surface area contributed by atoms with Gasteiger partial charge in [-0.15, -0.1) is 5.10 Å². The van der Waals surface area contributed by atoms with Gasteiger partial charge in [-0.05, 0) is 12.1 Å². The van der Waals surface area contributed by atoms with E-state index >= 15 is 0 Å². The fourth-order valence-electron chi connectivity index (χ4n) is 2.94. The molecule has 1 amide bonds. The van der Waals surface area contributed by atoms with Gasteiger partial charge in [0.15, 0.2) is 5.82 Å². The maximum Gasteiger partial charge on any atom is 0.230 e. The van der Waals surface area contributed by atoms with Gasteiger partial charge in [0, 0.05) is 22.0 Å². The summed E-state index contributed by atoms with van der Waals surface area (Å²) in [6, 6.07) is 15.6. The number of fused-ring (bicyclic) bond motifs is 1. The molecule has 1 aliphatic rings. The maximum absolute atomic E-state index is 12.4. The summed E-state index contributed by atoms with van der Waals surface area (Å²) in [5.74, 6) is 1.72. The molecule has 0 unspecified atom stereocenters. The zero-order valence-electron chi connectivity index (χ0n) is 14.3. The molecule has 0 fully saturated rings. The third kappa shape index (κ3) is 4.17. The van der Waals surface area contributed by atoms with Gasteiger partial charge in [-0.3, -0.25) is 9.89 Å². The molecule has 4 rings (SSSR count). The molecule has 2 N–H and O–H groups in total. The van der Waals surface area contributed by atoms with Gasteiger partial charge >= 0.3 is 0 Å². The van der Waals surface area contributed by atoms with Crippen LogP contribution in [0.25, 0.3) is 11.4 Å². The molecule has 0 spiro atoms. The number of aromatic amines is 1. The standard InChI is InChI=1S/C19H17BrN4O2S/c20-14-7-3-1-5-12(14)18-22-19(24-23-18)27-11-17(25)21-15-9-10-26-16-8-4-2-6-13(15)16/h1-8,15H,9-11H2,(H,21,25)(H,22,23,24)/t15-/m1/s1. The fourth-order valence-corrected chi connectivity index (χ4v) is 4.02. The summed E-state index contributed by atoms with van der Waals surface area (Å²) < 4.78 is 6.57. The van der Waals surface area contributed by atoms with E-state index in [1.54, 1.807) is 0 Å². The molecule has 2 aromatic carbocycles. The first-order valence-electron chi connectivity index (χ1n) is 8.52. The number of amides is 1. The predicted molar refractivity (Wildman–Crippen MR) is 108 cm³/mol. The van der Waals surface area contributed by atoms with E-state index in [9.17, 15) is 4.79 Å². The van der Waals surface area contributed by atoms with Gasteiger partial charge in [0.25, 0.3) is 0 Å². The Kier molecular flexibility index (Phi) is 5.45. The molecule has 1 atom stereocenters. The number of hydrogen-bond acceptors (Lipinski definition) is 5. The number of hydrogen-bond donors (Lipinski definition) is 2. The SMILES string of the molecule is O=C(CSc1n[nH]c(-c2ccccc2Br)n1)N[C@@H]1CCOc2ccccc21. The number of halogens is 1. The number of rotatable bonds is 5. The highest BCUT2D eigenvalue weighted by Crippen LogP contribution is 2.31. The van der Waals surface area contributed by atoms with E-state index in [1.807, 2.05) is 48.5 Å². The Morgan fingerprint density at radius 2 is 2.07 bits per heavy atom. The topological polar surface area (TPSA) is 79.9 Å². The van der Waals surface area contributed by atoms with Crippen LogP contribution >= 0.6 is 27.7 Å². The second-order valence-corrected chi connectivity index (χ2v) is 7.83. The Hall–Kier alpha value is -2.32. The minimum Gasteiger partial charge on any atom is -0.493 e. The molecule has 0 radical (unpaired) electrons. The third-order valence-corrected chi connectivity index (χ3v) is 5.76. The van der Waals surface area contributed by atoms with Crippen molar-refractivity contribution in [1.29, 1.82) is 0 Å². The van der Waals surface area contributed by atoms with Crippen LogP contribution in [-0.4, -0.2) is 33.4 Å².